The van der Waals surface area contributed by atoms with Crippen molar-refractivity contribution < 1.29 is 17.9 Å². The lowest BCUT2D eigenvalue weighted by atomic mass is 10.1. The van der Waals surface area contributed by atoms with Gasteiger partial charge >= 0.3 is 5.97 Å². The Morgan fingerprint density at radius 2 is 1.79 bits per heavy atom. The van der Waals surface area contributed by atoms with Gasteiger partial charge in [0, 0.05) is 31.7 Å². The number of esters is 1. The number of carbonyl (C=O) groups is 1. The van der Waals surface area contributed by atoms with E-state index in [1.165, 1.54) is 18.4 Å². The molecule has 0 bridgehead atoms. The molecule has 2 aromatic carbocycles. The molecule has 0 aliphatic heterocycles. The highest BCUT2D eigenvalue weighted by molar-refractivity contribution is 7.89. The number of hydrogen-bond acceptors (Lipinski definition) is 6. The Morgan fingerprint density at radius 1 is 1.03 bits per heavy atom. The van der Waals surface area contributed by atoms with E-state index in [2.05, 4.69) is 9.97 Å². The molecule has 0 fully saturated rings. The average Bonchev–Trinajstić information content (AvgIpc) is 3.14. The molecule has 0 saturated carbocycles. The van der Waals surface area contributed by atoms with Gasteiger partial charge in [-0.1, -0.05) is 18.6 Å². The molecule has 4 aromatic rings. The maximum absolute atomic E-state index is 13.1. The topological polar surface area (TPSA) is 94.4 Å². The smallest absolute Gasteiger partial charge is 0.339 e. The fourth-order valence-corrected chi connectivity index (χ4v) is 4.89. The molecule has 0 aliphatic carbocycles. The summed E-state index contributed by atoms with van der Waals surface area (Å²) in [5.41, 5.74) is 4.31. The van der Waals surface area contributed by atoms with E-state index in [4.69, 9.17) is 4.74 Å². The molecule has 0 radical (unpaired) electrons. The summed E-state index contributed by atoms with van der Waals surface area (Å²) < 4.78 is 33.9. The number of fused-ring (bicyclic) bond motifs is 2. The summed E-state index contributed by atoms with van der Waals surface area (Å²) in [5, 5.41) is 0.746. The van der Waals surface area contributed by atoms with Crippen molar-refractivity contribution in [3.05, 3.63) is 65.1 Å². The number of pyridine rings is 1. The second-order valence-corrected chi connectivity index (χ2v) is 10.7. The molecule has 8 nitrogen and oxygen atoms in total. The SMILES string of the molecule is CCCn1c(COC(=O)c2cc(C)nc3ccc(C)cc23)nc2cc(S(=O)(=O)N(C)C)ccc21. The molecule has 0 amide bonds. The zero-order valence-electron chi connectivity index (χ0n) is 20.0. The summed E-state index contributed by atoms with van der Waals surface area (Å²) in [6, 6.07) is 12.4. The van der Waals surface area contributed by atoms with Gasteiger partial charge in [0.15, 0.2) is 0 Å². The highest BCUT2D eigenvalue weighted by Crippen LogP contribution is 2.24. The second-order valence-electron chi connectivity index (χ2n) is 8.53. The maximum atomic E-state index is 13.1. The Hall–Kier alpha value is -3.30. The Kier molecular flexibility index (Phi) is 6.42. The largest absolute Gasteiger partial charge is 0.454 e. The van der Waals surface area contributed by atoms with Gasteiger partial charge in [-0.2, -0.15) is 0 Å². The first-order valence-electron chi connectivity index (χ1n) is 11.1. The molecule has 0 spiro atoms. The molecule has 0 atom stereocenters. The van der Waals surface area contributed by atoms with Crippen molar-refractivity contribution in [2.75, 3.05) is 14.1 Å². The van der Waals surface area contributed by atoms with Gasteiger partial charge in [0.05, 0.1) is 27.0 Å². The molecule has 0 aliphatic rings. The Morgan fingerprint density at radius 3 is 2.50 bits per heavy atom. The first kappa shape index (κ1) is 23.8. The molecule has 0 N–H and O–H groups in total. The monoisotopic (exact) mass is 480 g/mol. The first-order valence-corrected chi connectivity index (χ1v) is 12.5. The number of aryl methyl sites for hydroxylation is 3. The van der Waals surface area contributed by atoms with Crippen LogP contribution in [0, 0.1) is 13.8 Å². The molecule has 2 aromatic heterocycles. The molecule has 9 heteroatoms. The number of hydrogen-bond donors (Lipinski definition) is 0. The van der Waals surface area contributed by atoms with Gasteiger partial charge in [0.1, 0.15) is 12.4 Å². The predicted octanol–water partition coefficient (Wildman–Crippen LogP) is 4.22. The van der Waals surface area contributed by atoms with E-state index in [1.54, 1.807) is 24.3 Å². The van der Waals surface area contributed by atoms with Crippen molar-refractivity contribution in [3.63, 3.8) is 0 Å². The van der Waals surface area contributed by atoms with Crippen LogP contribution in [0.5, 0.6) is 0 Å². The Labute approximate surface area is 199 Å². The van der Waals surface area contributed by atoms with Gasteiger partial charge < -0.3 is 9.30 Å². The van der Waals surface area contributed by atoms with Crippen LogP contribution >= 0.6 is 0 Å². The molecule has 0 saturated heterocycles. The lowest BCUT2D eigenvalue weighted by molar-refractivity contribution is 0.0460. The molecule has 178 valence electrons. The zero-order valence-corrected chi connectivity index (χ0v) is 20.8. The van der Waals surface area contributed by atoms with Gasteiger partial charge in [0.2, 0.25) is 10.0 Å². The zero-order chi connectivity index (χ0) is 24.6. The number of imidazole rings is 1. The van der Waals surface area contributed by atoms with Crippen LogP contribution in [0.2, 0.25) is 0 Å². The van der Waals surface area contributed by atoms with E-state index >= 15 is 0 Å². The van der Waals surface area contributed by atoms with Crippen LogP contribution < -0.4 is 0 Å². The lowest BCUT2D eigenvalue weighted by Gasteiger charge is -2.12. The van der Waals surface area contributed by atoms with E-state index in [9.17, 15) is 13.2 Å². The van der Waals surface area contributed by atoms with Gasteiger partial charge in [-0.25, -0.2) is 22.5 Å². The minimum Gasteiger partial charge on any atom is -0.454 e. The van der Waals surface area contributed by atoms with Crippen molar-refractivity contribution in [1.29, 1.82) is 0 Å². The third kappa shape index (κ3) is 4.41. The van der Waals surface area contributed by atoms with Gasteiger partial charge in [-0.3, -0.25) is 4.98 Å². The third-order valence-corrected chi connectivity index (χ3v) is 7.48. The lowest BCUT2D eigenvalue weighted by Crippen LogP contribution is -2.22. The van der Waals surface area contributed by atoms with Crippen LogP contribution in [0.15, 0.2) is 47.4 Å². The summed E-state index contributed by atoms with van der Waals surface area (Å²) in [7, 11) is -0.597. The number of ether oxygens (including phenoxy) is 1. The van der Waals surface area contributed by atoms with Gasteiger partial charge in [-0.05, 0) is 56.7 Å². The Bertz CT molecular complexity index is 1510. The molecular formula is C25H28N4O4S. The second kappa shape index (κ2) is 9.15. The van der Waals surface area contributed by atoms with E-state index in [0.717, 1.165) is 34.1 Å². The van der Waals surface area contributed by atoms with Crippen molar-refractivity contribution >= 4 is 37.9 Å². The number of aromatic nitrogens is 3. The minimum absolute atomic E-state index is 0.0298. The van der Waals surface area contributed by atoms with E-state index < -0.39 is 16.0 Å². The summed E-state index contributed by atoms with van der Waals surface area (Å²) in [5.74, 6) is 0.114. The van der Waals surface area contributed by atoms with Gasteiger partial charge in [0.25, 0.3) is 0 Å². The average molecular weight is 481 g/mol. The predicted molar refractivity (Wildman–Crippen MR) is 131 cm³/mol. The molecule has 2 heterocycles. The minimum atomic E-state index is -3.58. The van der Waals surface area contributed by atoms with Crippen LogP contribution in [0.1, 0.15) is 40.8 Å². The van der Waals surface area contributed by atoms with Crippen LogP contribution in [-0.2, 0) is 27.9 Å². The number of carbonyl (C=O) groups excluding carboxylic acids is 1. The summed E-state index contributed by atoms with van der Waals surface area (Å²) >= 11 is 0. The van der Waals surface area contributed by atoms with Crippen molar-refractivity contribution in [2.24, 2.45) is 0 Å². The molecule has 34 heavy (non-hydrogen) atoms. The fourth-order valence-electron chi connectivity index (χ4n) is 3.96. The molecular weight excluding hydrogens is 452 g/mol. The fraction of sp³-hybridized carbons (Fsp3) is 0.320. The maximum Gasteiger partial charge on any atom is 0.339 e. The van der Waals surface area contributed by atoms with Crippen LogP contribution in [-0.4, -0.2) is 47.3 Å². The third-order valence-electron chi connectivity index (χ3n) is 5.67. The van der Waals surface area contributed by atoms with E-state index in [1.807, 2.05) is 43.5 Å². The number of rotatable bonds is 7. The molecule has 4 rings (SSSR count). The summed E-state index contributed by atoms with van der Waals surface area (Å²) in [4.78, 5) is 22.4. The van der Waals surface area contributed by atoms with Gasteiger partial charge in [-0.15, -0.1) is 0 Å². The Balaban J connectivity index is 1.68. The molecule has 0 unspecified atom stereocenters. The van der Waals surface area contributed by atoms with Crippen LogP contribution in [0.25, 0.3) is 21.9 Å². The standard InChI is InChI=1S/C25H28N4O4S/c1-6-11-29-23-10-8-18(34(31,32)28(4)5)14-22(23)27-24(29)15-33-25(30)20-13-17(3)26-21-9-7-16(2)12-19(20)21/h7-10,12-14H,6,11,15H2,1-5H3. The van der Waals surface area contributed by atoms with Crippen molar-refractivity contribution in [1.82, 2.24) is 18.8 Å². The quantitative estimate of drug-likeness (QED) is 0.368. The normalized spacial score (nSPS) is 12.1. The van der Waals surface area contributed by atoms with Crippen molar-refractivity contribution in [3.8, 4) is 0 Å². The highest BCUT2D eigenvalue weighted by Gasteiger charge is 2.21. The summed E-state index contributed by atoms with van der Waals surface area (Å²) in [6.07, 6.45) is 0.845. The number of sulfonamides is 1. The van der Waals surface area contributed by atoms with Crippen LogP contribution in [0.3, 0.4) is 0 Å². The number of benzene rings is 2. The van der Waals surface area contributed by atoms with Crippen LogP contribution in [0.4, 0.5) is 0 Å². The first-order chi connectivity index (χ1) is 16.1. The van der Waals surface area contributed by atoms with E-state index in [0.29, 0.717) is 23.4 Å². The van der Waals surface area contributed by atoms with Crippen molar-refractivity contribution in [2.45, 2.75) is 45.2 Å². The number of nitrogens with zero attached hydrogens (tertiary/aromatic N) is 4. The summed E-state index contributed by atoms with van der Waals surface area (Å²) in [6.45, 7) is 6.49. The van der Waals surface area contributed by atoms with E-state index in [-0.39, 0.29) is 11.5 Å². The highest BCUT2D eigenvalue weighted by atomic mass is 32.2.